The van der Waals surface area contributed by atoms with E-state index < -0.39 is 0 Å². The van der Waals surface area contributed by atoms with Gasteiger partial charge in [0.05, 0.1) is 6.61 Å². The van der Waals surface area contributed by atoms with Crippen molar-refractivity contribution in [3.05, 3.63) is 42.4 Å². The van der Waals surface area contributed by atoms with Crippen LogP contribution >= 0.6 is 0 Å². The molecule has 0 saturated carbocycles. The maximum absolute atomic E-state index is 8.95. The van der Waals surface area contributed by atoms with Gasteiger partial charge in [0.1, 0.15) is 11.8 Å². The number of nitrogens with zero attached hydrogens (tertiary/aromatic N) is 3. The van der Waals surface area contributed by atoms with Crippen LogP contribution in [-0.2, 0) is 0 Å². The average molecular weight is 213 g/mol. The largest absolute Gasteiger partial charge is 0.490 e. The molecular weight excluding hydrogens is 202 g/mol. The fraction of sp³-hybridized carbons (Fsp3) is 0.167. The average Bonchev–Trinajstić information content (AvgIpc) is 2.78. The summed E-state index contributed by atoms with van der Waals surface area (Å²) in [6, 6.07) is 9.31. The van der Waals surface area contributed by atoms with Crippen LogP contribution in [0.15, 0.2) is 36.7 Å². The van der Waals surface area contributed by atoms with Crippen molar-refractivity contribution in [2.24, 2.45) is 0 Å². The summed E-state index contributed by atoms with van der Waals surface area (Å²) >= 11 is 0. The summed E-state index contributed by atoms with van der Waals surface area (Å²) in [5.74, 6) is 1.32. The second-order valence-corrected chi connectivity index (χ2v) is 3.13. The highest BCUT2D eigenvalue weighted by Crippen LogP contribution is 2.21. The number of pyridine rings is 1. The highest BCUT2D eigenvalue weighted by atomic mass is 16.5. The second kappa shape index (κ2) is 4.49. The molecule has 0 aliphatic heterocycles. The van der Waals surface area contributed by atoms with Crippen molar-refractivity contribution >= 4 is 0 Å². The predicted molar refractivity (Wildman–Crippen MR) is 59.4 cm³/mol. The van der Waals surface area contributed by atoms with Crippen molar-refractivity contribution < 1.29 is 4.74 Å². The van der Waals surface area contributed by atoms with E-state index in [4.69, 9.17) is 10.00 Å². The Morgan fingerprint density at radius 3 is 3.06 bits per heavy atom. The van der Waals surface area contributed by atoms with Crippen LogP contribution in [0.2, 0.25) is 0 Å². The summed E-state index contributed by atoms with van der Waals surface area (Å²) in [6.45, 7) is 2.49. The van der Waals surface area contributed by atoms with Gasteiger partial charge in [0.2, 0.25) is 0 Å². The first-order valence-electron chi connectivity index (χ1n) is 5.02. The minimum atomic E-state index is 0.541. The Kier molecular flexibility index (Phi) is 2.88. The van der Waals surface area contributed by atoms with Gasteiger partial charge in [-0.05, 0) is 31.2 Å². The Bertz CT molecular complexity index is 525. The molecule has 0 spiro atoms. The molecule has 0 amide bonds. The first kappa shape index (κ1) is 10.2. The molecule has 16 heavy (non-hydrogen) atoms. The van der Waals surface area contributed by atoms with Gasteiger partial charge in [-0.25, -0.2) is 4.98 Å². The highest BCUT2D eigenvalue weighted by molar-refractivity contribution is 5.44. The third-order valence-electron chi connectivity index (χ3n) is 2.14. The normalized spacial score (nSPS) is 9.75. The van der Waals surface area contributed by atoms with E-state index in [9.17, 15) is 0 Å². The zero-order valence-electron chi connectivity index (χ0n) is 8.92. The van der Waals surface area contributed by atoms with E-state index >= 15 is 0 Å². The summed E-state index contributed by atoms with van der Waals surface area (Å²) < 4.78 is 7.18. The van der Waals surface area contributed by atoms with Crippen molar-refractivity contribution in [2.75, 3.05) is 6.61 Å². The van der Waals surface area contributed by atoms with Crippen molar-refractivity contribution in [3.8, 4) is 17.6 Å². The minimum Gasteiger partial charge on any atom is -0.490 e. The first-order chi connectivity index (χ1) is 7.86. The van der Waals surface area contributed by atoms with Crippen LogP contribution in [0.3, 0.4) is 0 Å². The fourth-order valence-corrected chi connectivity index (χ4v) is 1.49. The second-order valence-electron chi connectivity index (χ2n) is 3.13. The Labute approximate surface area is 93.7 Å². The zero-order valence-corrected chi connectivity index (χ0v) is 8.92. The van der Waals surface area contributed by atoms with Crippen molar-refractivity contribution in [1.82, 2.24) is 9.55 Å². The Morgan fingerprint density at radius 2 is 2.31 bits per heavy atom. The lowest BCUT2D eigenvalue weighted by Crippen LogP contribution is -2.03. The highest BCUT2D eigenvalue weighted by Gasteiger charge is 2.09. The van der Waals surface area contributed by atoms with Crippen molar-refractivity contribution in [3.63, 3.8) is 0 Å². The zero-order chi connectivity index (χ0) is 11.4. The molecular formula is C12H11N3O. The molecule has 4 nitrogen and oxygen atoms in total. The molecule has 0 radical (unpaired) electrons. The van der Waals surface area contributed by atoms with Crippen LogP contribution in [0.5, 0.6) is 5.75 Å². The first-order valence-corrected chi connectivity index (χ1v) is 5.02. The summed E-state index contributed by atoms with van der Waals surface area (Å²) in [6.07, 6.45) is 3.47. The van der Waals surface area contributed by atoms with Crippen LogP contribution in [0, 0.1) is 11.3 Å². The van der Waals surface area contributed by atoms with Gasteiger partial charge in [-0.1, -0.05) is 0 Å². The molecule has 0 bridgehead atoms. The molecule has 2 heterocycles. The fourth-order valence-electron chi connectivity index (χ4n) is 1.49. The van der Waals surface area contributed by atoms with Gasteiger partial charge >= 0.3 is 0 Å². The quantitative estimate of drug-likeness (QED) is 0.784. The molecule has 0 aromatic carbocycles. The molecule has 2 rings (SSSR count). The van der Waals surface area contributed by atoms with Crippen molar-refractivity contribution in [2.45, 2.75) is 6.92 Å². The molecule has 0 fully saturated rings. The number of ether oxygens (including phenoxy) is 1. The Balaban J connectivity index is 2.52. The SMILES string of the molecule is CCOc1cccnc1-n1cccc1C#N. The van der Waals surface area contributed by atoms with Gasteiger partial charge in [-0.2, -0.15) is 5.26 Å². The molecule has 80 valence electrons. The molecule has 2 aromatic rings. The smallest absolute Gasteiger partial charge is 0.180 e. The number of rotatable bonds is 3. The minimum absolute atomic E-state index is 0.541. The van der Waals surface area contributed by atoms with Gasteiger partial charge in [0, 0.05) is 12.4 Å². The van der Waals surface area contributed by atoms with Gasteiger partial charge in [-0.3, -0.25) is 4.57 Å². The molecule has 0 aliphatic carbocycles. The van der Waals surface area contributed by atoms with Crippen LogP contribution < -0.4 is 4.74 Å². The summed E-state index contributed by atoms with van der Waals surface area (Å²) in [5.41, 5.74) is 0.541. The van der Waals surface area contributed by atoms with Gasteiger partial charge < -0.3 is 4.74 Å². The number of aromatic nitrogens is 2. The van der Waals surface area contributed by atoms with Gasteiger partial charge in [0.15, 0.2) is 11.6 Å². The van der Waals surface area contributed by atoms with E-state index in [1.165, 1.54) is 0 Å². The monoisotopic (exact) mass is 213 g/mol. The third-order valence-corrected chi connectivity index (χ3v) is 2.14. The maximum atomic E-state index is 8.95. The molecule has 0 saturated heterocycles. The lowest BCUT2D eigenvalue weighted by Gasteiger charge is -2.10. The van der Waals surface area contributed by atoms with Crippen LogP contribution in [0.25, 0.3) is 5.82 Å². The molecule has 0 atom stereocenters. The van der Waals surface area contributed by atoms with Crippen LogP contribution in [-0.4, -0.2) is 16.2 Å². The lowest BCUT2D eigenvalue weighted by atomic mass is 10.4. The van der Waals surface area contributed by atoms with E-state index in [0.717, 1.165) is 0 Å². The van der Waals surface area contributed by atoms with Crippen LogP contribution in [0.1, 0.15) is 12.6 Å². The maximum Gasteiger partial charge on any atom is 0.180 e. The molecule has 0 unspecified atom stereocenters. The van der Waals surface area contributed by atoms with E-state index in [1.54, 1.807) is 23.0 Å². The number of nitriles is 1. The van der Waals surface area contributed by atoms with Gasteiger partial charge in [0.25, 0.3) is 0 Å². The van der Waals surface area contributed by atoms with Gasteiger partial charge in [-0.15, -0.1) is 0 Å². The predicted octanol–water partition coefficient (Wildman–Crippen LogP) is 2.14. The van der Waals surface area contributed by atoms with E-state index in [-0.39, 0.29) is 0 Å². The van der Waals surface area contributed by atoms with E-state index in [2.05, 4.69) is 11.1 Å². The van der Waals surface area contributed by atoms with E-state index in [0.29, 0.717) is 23.9 Å². The Hall–Kier alpha value is -2.28. The topological polar surface area (TPSA) is 50.8 Å². The molecule has 2 aromatic heterocycles. The number of hydrogen-bond donors (Lipinski definition) is 0. The van der Waals surface area contributed by atoms with E-state index in [1.807, 2.05) is 25.1 Å². The third kappa shape index (κ3) is 1.75. The number of hydrogen-bond acceptors (Lipinski definition) is 3. The summed E-state index contributed by atoms with van der Waals surface area (Å²) in [7, 11) is 0. The summed E-state index contributed by atoms with van der Waals surface area (Å²) in [4.78, 5) is 4.24. The van der Waals surface area contributed by atoms with Crippen LogP contribution in [0.4, 0.5) is 0 Å². The van der Waals surface area contributed by atoms with Crippen molar-refractivity contribution in [1.29, 1.82) is 5.26 Å². The standard InChI is InChI=1S/C12H11N3O/c1-2-16-11-6-3-7-14-12(11)15-8-4-5-10(15)9-13/h3-8H,2H2,1H3. The molecule has 0 N–H and O–H groups in total. The lowest BCUT2D eigenvalue weighted by molar-refractivity contribution is 0.337. The Morgan fingerprint density at radius 1 is 1.44 bits per heavy atom. The summed E-state index contributed by atoms with van der Waals surface area (Å²) in [5, 5.41) is 8.95. The molecule has 0 aliphatic rings. The molecule has 4 heteroatoms.